The molecule has 1 amide bonds. The Balaban J connectivity index is 2.20. The van der Waals surface area contributed by atoms with Crippen LogP contribution in [0.3, 0.4) is 0 Å². The number of rotatable bonds is 1. The highest BCUT2D eigenvalue weighted by Crippen LogP contribution is 2.17. The summed E-state index contributed by atoms with van der Waals surface area (Å²) in [5, 5.41) is 0. The average molecular weight is 256 g/mol. The van der Waals surface area contributed by atoms with Gasteiger partial charge >= 0.3 is 4.87 Å². The van der Waals surface area contributed by atoms with Crippen molar-refractivity contribution in [2.45, 2.75) is 33.0 Å². The van der Waals surface area contributed by atoms with E-state index in [4.69, 9.17) is 4.74 Å². The number of nitrogens with one attached hydrogen (secondary N) is 1. The Labute approximate surface area is 103 Å². The Bertz CT molecular complexity index is 469. The van der Waals surface area contributed by atoms with Gasteiger partial charge in [0.05, 0.1) is 12.2 Å². The molecule has 0 bridgehead atoms. The number of carbonyl (C=O) groups is 1. The van der Waals surface area contributed by atoms with Crippen molar-refractivity contribution in [3.8, 4) is 0 Å². The topological polar surface area (TPSA) is 62.4 Å². The number of carbonyl (C=O) groups excluding carboxylic acids is 1. The van der Waals surface area contributed by atoms with Crippen LogP contribution >= 0.6 is 11.3 Å². The smallest absolute Gasteiger partial charge is 0.305 e. The number of hydrogen-bond acceptors (Lipinski definition) is 4. The fourth-order valence-corrected chi connectivity index (χ4v) is 2.91. The molecule has 1 aromatic rings. The number of aromatic amines is 1. The molecule has 0 spiro atoms. The SMILES string of the molecule is Cc1[nH]c(=O)sc1C(=O)N1CC(C)OC(C)C1. The minimum Gasteiger partial charge on any atom is -0.372 e. The van der Waals surface area contributed by atoms with Gasteiger partial charge in [-0.3, -0.25) is 9.59 Å². The van der Waals surface area contributed by atoms with Crippen LogP contribution < -0.4 is 4.87 Å². The number of aromatic nitrogens is 1. The molecule has 0 saturated carbocycles. The third-order valence-corrected chi connectivity index (χ3v) is 3.70. The molecule has 0 aromatic carbocycles. The zero-order valence-electron chi connectivity index (χ0n) is 10.1. The van der Waals surface area contributed by atoms with E-state index in [9.17, 15) is 9.59 Å². The van der Waals surface area contributed by atoms with Crippen LogP contribution in [0.4, 0.5) is 0 Å². The monoisotopic (exact) mass is 256 g/mol. The highest BCUT2D eigenvalue weighted by atomic mass is 32.1. The van der Waals surface area contributed by atoms with E-state index in [0.717, 1.165) is 11.3 Å². The number of amides is 1. The van der Waals surface area contributed by atoms with Crippen molar-refractivity contribution >= 4 is 17.2 Å². The molecule has 2 heterocycles. The molecule has 17 heavy (non-hydrogen) atoms. The van der Waals surface area contributed by atoms with Gasteiger partial charge in [-0.05, 0) is 20.8 Å². The molecule has 0 radical (unpaired) electrons. The Morgan fingerprint density at radius 2 is 2.00 bits per heavy atom. The summed E-state index contributed by atoms with van der Waals surface area (Å²) in [5.41, 5.74) is 0.650. The molecule has 2 atom stereocenters. The minimum absolute atomic E-state index is 0.0404. The number of thiazole rings is 1. The summed E-state index contributed by atoms with van der Waals surface area (Å²) in [4.78, 5) is 28.2. The quantitative estimate of drug-likeness (QED) is 0.815. The van der Waals surface area contributed by atoms with Crippen LogP contribution in [0.1, 0.15) is 29.2 Å². The van der Waals surface area contributed by atoms with E-state index in [2.05, 4.69) is 4.98 Å². The molecule has 1 aliphatic rings. The van der Waals surface area contributed by atoms with Gasteiger partial charge in [-0.1, -0.05) is 11.3 Å². The number of H-pyrrole nitrogens is 1. The first-order valence-corrected chi connectivity index (χ1v) is 6.43. The van der Waals surface area contributed by atoms with E-state index in [-0.39, 0.29) is 23.0 Å². The van der Waals surface area contributed by atoms with Crippen molar-refractivity contribution in [2.75, 3.05) is 13.1 Å². The highest BCUT2D eigenvalue weighted by Gasteiger charge is 2.28. The van der Waals surface area contributed by atoms with Gasteiger partial charge in [0.1, 0.15) is 4.88 Å². The molecule has 1 fully saturated rings. The van der Waals surface area contributed by atoms with Gasteiger partial charge in [0, 0.05) is 18.8 Å². The summed E-state index contributed by atoms with van der Waals surface area (Å²) in [6.07, 6.45) is 0.0809. The molecule has 1 saturated heterocycles. The maximum Gasteiger partial charge on any atom is 0.305 e. The van der Waals surface area contributed by atoms with E-state index < -0.39 is 0 Å². The summed E-state index contributed by atoms with van der Waals surface area (Å²) in [6.45, 7) is 6.80. The number of morpholine rings is 1. The fraction of sp³-hybridized carbons (Fsp3) is 0.636. The van der Waals surface area contributed by atoms with Crippen LogP contribution in [0.25, 0.3) is 0 Å². The number of ether oxygens (including phenoxy) is 1. The molecule has 0 aliphatic carbocycles. The number of hydrogen-bond donors (Lipinski definition) is 1. The van der Waals surface area contributed by atoms with E-state index >= 15 is 0 Å². The summed E-state index contributed by atoms with van der Waals surface area (Å²) < 4.78 is 5.58. The van der Waals surface area contributed by atoms with E-state index in [1.165, 1.54) is 0 Å². The molecule has 94 valence electrons. The molecule has 1 aliphatic heterocycles. The molecule has 1 N–H and O–H groups in total. The Hall–Kier alpha value is -1.14. The van der Waals surface area contributed by atoms with Gasteiger partial charge in [-0.15, -0.1) is 0 Å². The first-order valence-electron chi connectivity index (χ1n) is 5.62. The third kappa shape index (κ3) is 2.58. The standard InChI is InChI=1S/C11H16N2O3S/c1-6-4-13(5-7(2)16-6)10(14)9-8(3)12-11(15)17-9/h6-7H,4-5H2,1-3H3,(H,12,15). The predicted molar refractivity (Wildman–Crippen MR) is 65.6 cm³/mol. The molecule has 1 aromatic heterocycles. The van der Waals surface area contributed by atoms with Gasteiger partial charge in [0.25, 0.3) is 5.91 Å². The summed E-state index contributed by atoms with van der Waals surface area (Å²) in [6, 6.07) is 0. The second-order valence-corrected chi connectivity index (χ2v) is 5.42. The molecule has 5 nitrogen and oxygen atoms in total. The lowest BCUT2D eigenvalue weighted by Crippen LogP contribution is -2.48. The molecule has 2 rings (SSSR count). The highest BCUT2D eigenvalue weighted by molar-refractivity contribution is 7.11. The van der Waals surface area contributed by atoms with Crippen molar-refractivity contribution in [2.24, 2.45) is 0 Å². The normalized spacial score (nSPS) is 25.0. The second kappa shape index (κ2) is 4.62. The van der Waals surface area contributed by atoms with Crippen LogP contribution in [0, 0.1) is 6.92 Å². The van der Waals surface area contributed by atoms with Crippen LogP contribution in [0.2, 0.25) is 0 Å². The van der Waals surface area contributed by atoms with Crippen LogP contribution in [0.5, 0.6) is 0 Å². The number of nitrogens with zero attached hydrogens (tertiary/aromatic N) is 1. The van der Waals surface area contributed by atoms with E-state index in [0.29, 0.717) is 23.7 Å². The molecular weight excluding hydrogens is 240 g/mol. The largest absolute Gasteiger partial charge is 0.372 e. The maximum absolute atomic E-state index is 12.2. The summed E-state index contributed by atoms with van der Waals surface area (Å²) in [5.74, 6) is -0.0761. The number of aryl methyl sites for hydroxylation is 1. The van der Waals surface area contributed by atoms with Gasteiger partial charge in [0.2, 0.25) is 0 Å². The summed E-state index contributed by atoms with van der Waals surface area (Å²) >= 11 is 0.975. The Kier molecular flexibility index (Phi) is 3.35. The molecule has 2 unspecified atom stereocenters. The zero-order chi connectivity index (χ0) is 12.6. The average Bonchev–Trinajstić information content (AvgIpc) is 2.55. The van der Waals surface area contributed by atoms with Crippen LogP contribution in [-0.4, -0.2) is 41.1 Å². The lowest BCUT2D eigenvalue weighted by molar-refractivity contribution is -0.0585. The van der Waals surface area contributed by atoms with E-state index in [1.54, 1.807) is 11.8 Å². The fourth-order valence-electron chi connectivity index (χ4n) is 2.10. The minimum atomic E-state index is -0.180. The van der Waals surface area contributed by atoms with Gasteiger partial charge in [0.15, 0.2) is 0 Å². The van der Waals surface area contributed by atoms with Crippen molar-refractivity contribution < 1.29 is 9.53 Å². The van der Waals surface area contributed by atoms with Crippen LogP contribution in [0.15, 0.2) is 4.79 Å². The Morgan fingerprint density at radius 1 is 1.41 bits per heavy atom. The zero-order valence-corrected chi connectivity index (χ0v) is 11.0. The molecular formula is C11H16N2O3S. The first-order chi connectivity index (χ1) is 7.97. The lowest BCUT2D eigenvalue weighted by Gasteiger charge is -2.35. The predicted octanol–water partition coefficient (Wildman–Crippen LogP) is 0.994. The Morgan fingerprint density at radius 3 is 2.47 bits per heavy atom. The van der Waals surface area contributed by atoms with Gasteiger partial charge in [-0.25, -0.2) is 0 Å². The van der Waals surface area contributed by atoms with Crippen LogP contribution in [-0.2, 0) is 4.74 Å². The summed E-state index contributed by atoms with van der Waals surface area (Å²) in [7, 11) is 0. The lowest BCUT2D eigenvalue weighted by atomic mass is 10.2. The maximum atomic E-state index is 12.2. The second-order valence-electron chi connectivity index (χ2n) is 4.44. The van der Waals surface area contributed by atoms with Crippen molar-refractivity contribution in [3.05, 3.63) is 20.2 Å². The third-order valence-electron chi connectivity index (χ3n) is 2.73. The van der Waals surface area contributed by atoms with Crippen molar-refractivity contribution in [1.29, 1.82) is 0 Å². The first kappa shape index (κ1) is 12.3. The van der Waals surface area contributed by atoms with Crippen molar-refractivity contribution in [3.63, 3.8) is 0 Å². The molecule has 6 heteroatoms. The van der Waals surface area contributed by atoms with Crippen molar-refractivity contribution in [1.82, 2.24) is 9.88 Å². The van der Waals surface area contributed by atoms with E-state index in [1.807, 2.05) is 13.8 Å². The van der Waals surface area contributed by atoms with Gasteiger partial charge in [-0.2, -0.15) is 0 Å². The van der Waals surface area contributed by atoms with Gasteiger partial charge < -0.3 is 14.6 Å².